The third-order valence-corrected chi connectivity index (χ3v) is 7.19. The number of para-hydroxylation sites is 2. The maximum atomic E-state index is 13.0. The van der Waals surface area contributed by atoms with Crippen molar-refractivity contribution in [3.8, 4) is 0 Å². The van der Waals surface area contributed by atoms with Gasteiger partial charge in [-0.15, -0.1) is 0 Å². The van der Waals surface area contributed by atoms with Crippen molar-refractivity contribution in [3.05, 3.63) is 131 Å². The molecule has 2 N–H and O–H groups in total. The molecule has 0 aliphatic heterocycles. The Kier molecular flexibility index (Phi) is 8.23. The van der Waals surface area contributed by atoms with Gasteiger partial charge < -0.3 is 10.6 Å². The highest BCUT2D eigenvalue weighted by Gasteiger charge is 2.19. The number of carbonyl (C=O) groups is 2. The van der Waals surface area contributed by atoms with Crippen LogP contribution in [0.2, 0.25) is 0 Å². The number of carbonyl (C=O) groups excluding carboxylic acids is 2. The van der Waals surface area contributed by atoms with Crippen LogP contribution in [0, 0.1) is 0 Å². The van der Waals surface area contributed by atoms with Crippen molar-refractivity contribution in [2.45, 2.75) is 19.5 Å². The minimum absolute atomic E-state index is 0.132. The summed E-state index contributed by atoms with van der Waals surface area (Å²) in [5.41, 5.74) is 3.40. The fourth-order valence-corrected chi connectivity index (χ4v) is 4.89. The van der Waals surface area contributed by atoms with Gasteiger partial charge in [0.1, 0.15) is 0 Å². The predicted octanol–water partition coefficient (Wildman–Crippen LogP) is 5.40. The standard InChI is InChI=1S/C30H29N3O4S/c1-22(24-11-5-3-6-12-24)31-30(35)27-15-9-10-16-28(27)32-29(34)25-19-17-23(18-20-25)21-33(38(2,36)37)26-13-7-4-8-14-26/h3-20,22H,21H2,1-2H3,(H,31,35)(H,32,34)/t22-/m1/s1. The fraction of sp³-hybridized carbons (Fsp3) is 0.133. The third-order valence-electron chi connectivity index (χ3n) is 6.05. The summed E-state index contributed by atoms with van der Waals surface area (Å²) in [5.74, 6) is -0.676. The van der Waals surface area contributed by atoms with Crippen molar-refractivity contribution in [2.24, 2.45) is 0 Å². The molecule has 0 radical (unpaired) electrons. The van der Waals surface area contributed by atoms with Crippen LogP contribution in [-0.4, -0.2) is 26.5 Å². The van der Waals surface area contributed by atoms with Gasteiger partial charge in [0.25, 0.3) is 11.8 Å². The minimum atomic E-state index is -3.51. The first kappa shape index (κ1) is 26.6. The topological polar surface area (TPSA) is 95.6 Å². The summed E-state index contributed by atoms with van der Waals surface area (Å²) in [6.45, 7) is 2.03. The van der Waals surface area contributed by atoms with Crippen LogP contribution >= 0.6 is 0 Å². The average Bonchev–Trinajstić information content (AvgIpc) is 2.92. The molecule has 0 heterocycles. The Morgan fingerprint density at radius 3 is 1.97 bits per heavy atom. The highest BCUT2D eigenvalue weighted by molar-refractivity contribution is 7.92. The van der Waals surface area contributed by atoms with E-state index in [4.69, 9.17) is 0 Å². The van der Waals surface area contributed by atoms with Gasteiger partial charge in [0.05, 0.1) is 35.8 Å². The summed E-state index contributed by atoms with van der Waals surface area (Å²) in [6, 6.07) is 31.8. The van der Waals surface area contributed by atoms with E-state index in [1.807, 2.05) is 43.3 Å². The Hall–Kier alpha value is -4.43. The quantitative estimate of drug-likeness (QED) is 0.305. The molecule has 4 rings (SSSR count). The lowest BCUT2D eigenvalue weighted by atomic mass is 10.1. The predicted molar refractivity (Wildman–Crippen MR) is 151 cm³/mol. The lowest BCUT2D eigenvalue weighted by Gasteiger charge is -2.22. The normalized spacial score (nSPS) is 11.8. The van der Waals surface area contributed by atoms with Crippen molar-refractivity contribution in [1.82, 2.24) is 5.32 Å². The Bertz CT molecular complexity index is 1510. The van der Waals surface area contributed by atoms with Crippen LogP contribution in [-0.2, 0) is 16.6 Å². The number of hydrogen-bond donors (Lipinski definition) is 2. The van der Waals surface area contributed by atoms with E-state index in [0.29, 0.717) is 22.5 Å². The number of sulfonamides is 1. The Balaban J connectivity index is 1.46. The van der Waals surface area contributed by atoms with E-state index in [-0.39, 0.29) is 24.4 Å². The Morgan fingerprint density at radius 1 is 0.763 bits per heavy atom. The van der Waals surface area contributed by atoms with E-state index < -0.39 is 10.0 Å². The molecule has 0 aromatic heterocycles. The first-order valence-corrected chi connectivity index (χ1v) is 13.9. The summed E-state index contributed by atoms with van der Waals surface area (Å²) in [6.07, 6.45) is 1.16. The molecule has 0 saturated heterocycles. The molecule has 0 aliphatic carbocycles. The van der Waals surface area contributed by atoms with Gasteiger partial charge in [-0.05, 0) is 54.4 Å². The summed E-state index contributed by atoms with van der Waals surface area (Å²) >= 11 is 0. The van der Waals surface area contributed by atoms with Gasteiger partial charge >= 0.3 is 0 Å². The number of rotatable bonds is 9. The van der Waals surface area contributed by atoms with Crippen molar-refractivity contribution < 1.29 is 18.0 Å². The third kappa shape index (κ3) is 6.66. The van der Waals surface area contributed by atoms with E-state index in [9.17, 15) is 18.0 Å². The summed E-state index contributed by atoms with van der Waals surface area (Å²) in [7, 11) is -3.51. The van der Waals surface area contributed by atoms with Crippen molar-refractivity contribution in [3.63, 3.8) is 0 Å². The van der Waals surface area contributed by atoms with Crippen LogP contribution in [0.4, 0.5) is 11.4 Å². The lowest BCUT2D eigenvalue weighted by molar-refractivity contribution is 0.0940. The molecule has 4 aromatic rings. The van der Waals surface area contributed by atoms with Gasteiger partial charge in [-0.2, -0.15) is 0 Å². The molecule has 7 nitrogen and oxygen atoms in total. The van der Waals surface area contributed by atoms with Gasteiger partial charge in [-0.1, -0.05) is 72.8 Å². The van der Waals surface area contributed by atoms with Crippen LogP contribution in [0.15, 0.2) is 109 Å². The highest BCUT2D eigenvalue weighted by atomic mass is 32.2. The maximum Gasteiger partial charge on any atom is 0.255 e. The van der Waals surface area contributed by atoms with Gasteiger partial charge in [0.15, 0.2) is 0 Å². The number of nitrogens with zero attached hydrogens (tertiary/aromatic N) is 1. The SMILES string of the molecule is C[C@@H](NC(=O)c1ccccc1NC(=O)c1ccc(CN(c2ccccc2)S(C)(=O)=O)cc1)c1ccccc1. The number of hydrogen-bond acceptors (Lipinski definition) is 4. The largest absolute Gasteiger partial charge is 0.345 e. The molecule has 4 aromatic carbocycles. The second-order valence-electron chi connectivity index (χ2n) is 8.91. The molecule has 0 aliphatic rings. The van der Waals surface area contributed by atoms with E-state index >= 15 is 0 Å². The van der Waals surface area contributed by atoms with Gasteiger partial charge in [0.2, 0.25) is 10.0 Å². The van der Waals surface area contributed by atoms with E-state index in [0.717, 1.165) is 17.4 Å². The average molecular weight is 528 g/mol. The molecule has 1 atom stereocenters. The molecule has 8 heteroatoms. The van der Waals surface area contributed by atoms with Gasteiger partial charge in [-0.25, -0.2) is 8.42 Å². The maximum absolute atomic E-state index is 13.0. The Morgan fingerprint density at radius 2 is 1.34 bits per heavy atom. The minimum Gasteiger partial charge on any atom is -0.345 e. The van der Waals surface area contributed by atoms with Crippen LogP contribution in [0.5, 0.6) is 0 Å². The van der Waals surface area contributed by atoms with E-state index in [1.165, 1.54) is 4.31 Å². The lowest BCUT2D eigenvalue weighted by Crippen LogP contribution is -2.29. The van der Waals surface area contributed by atoms with Crippen LogP contribution < -0.4 is 14.9 Å². The zero-order chi connectivity index (χ0) is 27.1. The van der Waals surface area contributed by atoms with Gasteiger partial charge in [0, 0.05) is 5.56 Å². The first-order chi connectivity index (χ1) is 18.2. The molecule has 0 saturated carbocycles. The second kappa shape index (κ2) is 11.7. The summed E-state index contributed by atoms with van der Waals surface area (Å²) < 4.78 is 26.1. The molecule has 0 fully saturated rings. The van der Waals surface area contributed by atoms with E-state index in [2.05, 4.69) is 10.6 Å². The number of nitrogens with one attached hydrogen (secondary N) is 2. The molecule has 194 valence electrons. The van der Waals surface area contributed by atoms with E-state index in [1.54, 1.807) is 72.8 Å². The monoisotopic (exact) mass is 527 g/mol. The summed E-state index contributed by atoms with van der Waals surface area (Å²) in [5, 5.41) is 5.80. The number of amides is 2. The fourth-order valence-electron chi connectivity index (χ4n) is 4.01. The van der Waals surface area contributed by atoms with Gasteiger partial charge in [-0.3, -0.25) is 13.9 Å². The molecular weight excluding hydrogens is 498 g/mol. The van der Waals surface area contributed by atoms with Crippen LogP contribution in [0.3, 0.4) is 0 Å². The molecule has 0 unspecified atom stereocenters. The molecule has 2 amide bonds. The zero-order valence-electron chi connectivity index (χ0n) is 21.2. The number of benzene rings is 4. The molecule has 0 spiro atoms. The molecule has 0 bridgehead atoms. The smallest absolute Gasteiger partial charge is 0.255 e. The Labute approximate surface area is 223 Å². The van der Waals surface area contributed by atoms with Crippen molar-refractivity contribution >= 4 is 33.2 Å². The molecule has 38 heavy (non-hydrogen) atoms. The first-order valence-electron chi connectivity index (χ1n) is 12.1. The van der Waals surface area contributed by atoms with Crippen molar-refractivity contribution in [1.29, 1.82) is 0 Å². The second-order valence-corrected chi connectivity index (χ2v) is 10.8. The molecular formula is C30H29N3O4S. The number of anilines is 2. The highest BCUT2D eigenvalue weighted by Crippen LogP contribution is 2.22. The zero-order valence-corrected chi connectivity index (χ0v) is 22.0. The van der Waals surface area contributed by atoms with Crippen molar-refractivity contribution in [2.75, 3.05) is 15.9 Å². The summed E-state index contributed by atoms with van der Waals surface area (Å²) in [4.78, 5) is 26.0. The van der Waals surface area contributed by atoms with Crippen LogP contribution in [0.1, 0.15) is 44.8 Å². The van der Waals surface area contributed by atoms with Crippen LogP contribution in [0.25, 0.3) is 0 Å².